The van der Waals surface area contributed by atoms with E-state index in [0.717, 1.165) is 24.3 Å². The Morgan fingerprint density at radius 1 is 1.21 bits per heavy atom. The minimum atomic E-state index is -0.291. The first-order chi connectivity index (χ1) is 9.16. The van der Waals surface area contributed by atoms with Crippen LogP contribution in [0.4, 0.5) is 0 Å². The van der Waals surface area contributed by atoms with E-state index in [1.807, 2.05) is 12.2 Å². The molecule has 0 spiro atoms. The number of aliphatic hydroxyl groups excluding tert-OH is 1. The molecular formula is C14H21N2O3+. The molecule has 0 aromatic rings. The van der Waals surface area contributed by atoms with Crippen LogP contribution < -0.4 is 4.90 Å². The van der Waals surface area contributed by atoms with Crippen molar-refractivity contribution in [3.05, 3.63) is 12.2 Å². The summed E-state index contributed by atoms with van der Waals surface area (Å²) in [6.07, 6.45) is 6.91. The van der Waals surface area contributed by atoms with Crippen LogP contribution in [0.3, 0.4) is 0 Å². The largest absolute Gasteiger partial charge is 0.387 e. The highest BCUT2D eigenvalue weighted by atomic mass is 16.3. The van der Waals surface area contributed by atoms with Crippen LogP contribution in [0, 0.1) is 11.8 Å². The van der Waals surface area contributed by atoms with E-state index in [4.69, 9.17) is 0 Å². The molecule has 2 N–H and O–H groups in total. The highest BCUT2D eigenvalue weighted by Gasteiger charge is 2.48. The number of allylic oxidation sites excluding steroid dienone is 2. The fourth-order valence-electron chi connectivity index (χ4n) is 3.52. The summed E-state index contributed by atoms with van der Waals surface area (Å²) < 4.78 is 0. The predicted octanol–water partition coefficient (Wildman–Crippen LogP) is -1.07. The maximum atomic E-state index is 12.3. The summed E-state index contributed by atoms with van der Waals surface area (Å²) in [5.41, 5.74) is 0. The molecule has 2 aliphatic heterocycles. The van der Waals surface area contributed by atoms with Gasteiger partial charge in [0.05, 0.1) is 18.4 Å². The summed E-state index contributed by atoms with van der Waals surface area (Å²) >= 11 is 0. The molecule has 5 nitrogen and oxygen atoms in total. The topological polar surface area (TPSA) is 62.0 Å². The molecule has 1 unspecified atom stereocenters. The second-order valence-electron chi connectivity index (χ2n) is 5.92. The van der Waals surface area contributed by atoms with Gasteiger partial charge < -0.3 is 10.0 Å². The van der Waals surface area contributed by atoms with E-state index >= 15 is 0 Å². The first kappa shape index (κ1) is 12.8. The van der Waals surface area contributed by atoms with E-state index in [1.165, 1.54) is 4.90 Å². The van der Waals surface area contributed by atoms with E-state index in [0.29, 0.717) is 26.1 Å². The lowest BCUT2D eigenvalue weighted by molar-refractivity contribution is -0.915. The van der Waals surface area contributed by atoms with Gasteiger partial charge in [-0.15, -0.1) is 0 Å². The summed E-state index contributed by atoms with van der Waals surface area (Å²) in [4.78, 5) is 27.2. The molecule has 3 rings (SSSR count). The Kier molecular flexibility index (Phi) is 3.41. The zero-order valence-corrected chi connectivity index (χ0v) is 11.0. The molecule has 0 radical (unpaired) electrons. The number of hydrogen-bond acceptors (Lipinski definition) is 3. The van der Waals surface area contributed by atoms with Gasteiger partial charge in [-0.25, -0.2) is 4.90 Å². The maximum Gasteiger partial charge on any atom is 0.237 e. The van der Waals surface area contributed by atoms with Gasteiger partial charge in [0.15, 0.2) is 6.67 Å². The fraction of sp³-hybridized carbons (Fsp3) is 0.714. The van der Waals surface area contributed by atoms with Gasteiger partial charge in [-0.1, -0.05) is 12.2 Å². The number of amides is 2. The van der Waals surface area contributed by atoms with Gasteiger partial charge >= 0.3 is 0 Å². The fourth-order valence-corrected chi connectivity index (χ4v) is 3.52. The Balaban J connectivity index is 1.68. The number of nitrogens with one attached hydrogen (secondary N) is 1. The van der Waals surface area contributed by atoms with Crippen LogP contribution in [-0.4, -0.2) is 47.7 Å². The molecular weight excluding hydrogens is 244 g/mol. The number of hydrogen-bond donors (Lipinski definition) is 2. The maximum absolute atomic E-state index is 12.3. The smallest absolute Gasteiger partial charge is 0.237 e. The number of quaternary nitrogens is 1. The number of fused-ring (bicyclic) bond motifs is 1. The Morgan fingerprint density at radius 2 is 1.84 bits per heavy atom. The van der Waals surface area contributed by atoms with Gasteiger partial charge in [-0.2, -0.15) is 0 Å². The van der Waals surface area contributed by atoms with Crippen LogP contribution in [-0.2, 0) is 9.59 Å². The van der Waals surface area contributed by atoms with Crippen LogP contribution in [0.15, 0.2) is 12.2 Å². The van der Waals surface area contributed by atoms with Crippen LogP contribution in [0.2, 0.25) is 0 Å². The summed E-state index contributed by atoms with van der Waals surface area (Å²) in [6, 6.07) is 0. The van der Waals surface area contributed by atoms with Gasteiger partial charge in [-0.3, -0.25) is 9.59 Å². The van der Waals surface area contributed by atoms with E-state index in [9.17, 15) is 14.7 Å². The third kappa shape index (κ3) is 2.32. The van der Waals surface area contributed by atoms with E-state index in [1.54, 1.807) is 0 Å². The standard InChI is InChI=1S/C14H20N2O3/c17-10-4-3-7-15(8-10)9-16-13(18)11-5-1-2-6-12(11)14(16)19/h1-2,10-12,17H,3-9H2/p+1/t10-,11-,12+/m0/s1. The van der Waals surface area contributed by atoms with Gasteiger partial charge in [-0.05, 0) is 25.7 Å². The SMILES string of the molecule is O=C1[C@H]2CC=CC[C@H]2C(=O)N1C[NH+]1CCC[C@H](O)C1. The molecule has 4 atom stereocenters. The van der Waals surface area contributed by atoms with Crippen molar-refractivity contribution in [2.45, 2.75) is 31.8 Å². The van der Waals surface area contributed by atoms with Crippen molar-refractivity contribution in [1.29, 1.82) is 0 Å². The Hall–Kier alpha value is -1.20. The highest BCUT2D eigenvalue weighted by Crippen LogP contribution is 2.34. The molecule has 1 aliphatic carbocycles. The normalized spacial score (nSPS) is 38.7. The molecule has 19 heavy (non-hydrogen) atoms. The number of carbonyl (C=O) groups is 2. The minimum Gasteiger partial charge on any atom is -0.387 e. The average molecular weight is 265 g/mol. The zero-order valence-electron chi connectivity index (χ0n) is 11.0. The second kappa shape index (κ2) is 5.06. The first-order valence-corrected chi connectivity index (χ1v) is 7.18. The van der Waals surface area contributed by atoms with Crippen molar-refractivity contribution in [2.75, 3.05) is 19.8 Å². The average Bonchev–Trinajstić information content (AvgIpc) is 2.65. The minimum absolute atomic E-state index is 0.00749. The van der Waals surface area contributed by atoms with Crippen molar-refractivity contribution >= 4 is 11.8 Å². The molecule has 104 valence electrons. The zero-order chi connectivity index (χ0) is 13.4. The van der Waals surface area contributed by atoms with Crippen LogP contribution >= 0.6 is 0 Å². The number of imide groups is 1. The monoisotopic (exact) mass is 265 g/mol. The molecule has 5 heteroatoms. The van der Waals surface area contributed by atoms with Gasteiger partial charge in [0.1, 0.15) is 12.6 Å². The van der Waals surface area contributed by atoms with Crippen molar-refractivity contribution in [1.82, 2.24) is 4.90 Å². The third-order valence-electron chi connectivity index (χ3n) is 4.57. The number of rotatable bonds is 2. The van der Waals surface area contributed by atoms with Crippen LogP contribution in [0.1, 0.15) is 25.7 Å². The lowest BCUT2D eigenvalue weighted by Crippen LogP contribution is -3.15. The van der Waals surface area contributed by atoms with Crippen molar-refractivity contribution in [3.8, 4) is 0 Å². The molecule has 2 amide bonds. The highest BCUT2D eigenvalue weighted by molar-refractivity contribution is 6.05. The Morgan fingerprint density at radius 3 is 2.42 bits per heavy atom. The number of aliphatic hydroxyl groups is 1. The number of piperidine rings is 1. The Bertz CT molecular complexity index is 395. The second-order valence-corrected chi connectivity index (χ2v) is 5.92. The summed E-state index contributed by atoms with van der Waals surface area (Å²) in [7, 11) is 0. The summed E-state index contributed by atoms with van der Waals surface area (Å²) in [5.74, 6) is -0.281. The molecule has 2 fully saturated rings. The van der Waals surface area contributed by atoms with Gasteiger partial charge in [0.25, 0.3) is 0 Å². The van der Waals surface area contributed by atoms with Gasteiger partial charge in [0.2, 0.25) is 11.8 Å². The van der Waals surface area contributed by atoms with E-state index < -0.39 is 0 Å². The molecule has 0 saturated carbocycles. The van der Waals surface area contributed by atoms with Crippen LogP contribution in [0.5, 0.6) is 0 Å². The molecule has 2 saturated heterocycles. The van der Waals surface area contributed by atoms with Crippen molar-refractivity contribution < 1.29 is 19.6 Å². The number of nitrogens with zero attached hydrogens (tertiary/aromatic N) is 1. The lowest BCUT2D eigenvalue weighted by atomic mass is 9.85. The number of likely N-dealkylation sites (tertiary alicyclic amines) is 2. The Labute approximate surface area is 112 Å². The van der Waals surface area contributed by atoms with Crippen LogP contribution in [0.25, 0.3) is 0 Å². The van der Waals surface area contributed by atoms with E-state index in [2.05, 4.69) is 0 Å². The van der Waals surface area contributed by atoms with Crippen molar-refractivity contribution in [3.63, 3.8) is 0 Å². The number of carbonyl (C=O) groups excluding carboxylic acids is 2. The molecule has 0 aromatic carbocycles. The van der Waals surface area contributed by atoms with E-state index in [-0.39, 0.29) is 29.8 Å². The van der Waals surface area contributed by atoms with Gasteiger partial charge in [0, 0.05) is 0 Å². The lowest BCUT2D eigenvalue weighted by Gasteiger charge is -2.29. The predicted molar refractivity (Wildman–Crippen MR) is 68.0 cm³/mol. The quantitative estimate of drug-likeness (QED) is 0.494. The van der Waals surface area contributed by atoms with Crippen molar-refractivity contribution in [2.24, 2.45) is 11.8 Å². The third-order valence-corrected chi connectivity index (χ3v) is 4.57. The first-order valence-electron chi connectivity index (χ1n) is 7.18. The molecule has 0 aromatic heterocycles. The molecule has 3 aliphatic rings. The molecule has 2 heterocycles. The molecule has 0 bridgehead atoms. The summed E-state index contributed by atoms with van der Waals surface area (Å²) in [5, 5.41) is 9.67. The summed E-state index contributed by atoms with van der Waals surface area (Å²) in [6.45, 7) is 2.01.